The second-order valence-electron chi connectivity index (χ2n) is 5.63. The molecule has 0 radical (unpaired) electrons. The number of hydrogen-bond donors (Lipinski definition) is 1. The number of amides is 1. The van der Waals surface area contributed by atoms with Gasteiger partial charge in [-0.1, -0.05) is 18.2 Å². The molecule has 3 aromatic rings. The lowest BCUT2D eigenvalue weighted by Crippen LogP contribution is -2.28. The van der Waals surface area contributed by atoms with Crippen molar-refractivity contribution in [2.24, 2.45) is 0 Å². The Hall–Kier alpha value is -3.55. The summed E-state index contributed by atoms with van der Waals surface area (Å²) in [7, 11) is 1.56. The summed E-state index contributed by atoms with van der Waals surface area (Å²) in [5.74, 6) is 0.155. The summed E-state index contributed by atoms with van der Waals surface area (Å²) in [5, 5.41) is 6.74. The van der Waals surface area contributed by atoms with Crippen molar-refractivity contribution < 1.29 is 23.5 Å². The highest BCUT2D eigenvalue weighted by Crippen LogP contribution is 2.16. The molecule has 0 saturated carbocycles. The number of esters is 1. The summed E-state index contributed by atoms with van der Waals surface area (Å²) in [6.45, 7) is 0.276. The Kier molecular flexibility index (Phi) is 5.88. The van der Waals surface area contributed by atoms with Gasteiger partial charge in [0.1, 0.15) is 11.5 Å². The lowest BCUT2D eigenvalue weighted by Gasteiger charge is -2.09. The zero-order chi connectivity index (χ0) is 19.1. The lowest BCUT2D eigenvalue weighted by atomic mass is 10.2. The minimum atomic E-state index is -0.700. The molecular formula is C19H19N3O5. The van der Waals surface area contributed by atoms with E-state index in [1.165, 1.54) is 6.07 Å². The Morgan fingerprint density at radius 1 is 1.19 bits per heavy atom. The fourth-order valence-electron chi connectivity index (χ4n) is 2.42. The Morgan fingerprint density at radius 2 is 2.04 bits per heavy atom. The van der Waals surface area contributed by atoms with Gasteiger partial charge in [-0.05, 0) is 24.3 Å². The van der Waals surface area contributed by atoms with Crippen molar-refractivity contribution in [2.45, 2.75) is 13.1 Å². The predicted octanol–water partition coefficient (Wildman–Crippen LogP) is 2.01. The largest absolute Gasteiger partial charge is 0.496 e. The van der Waals surface area contributed by atoms with Crippen LogP contribution in [0, 0.1) is 0 Å². The Morgan fingerprint density at radius 3 is 2.81 bits per heavy atom. The van der Waals surface area contributed by atoms with Gasteiger partial charge in [-0.15, -0.1) is 0 Å². The topological polar surface area (TPSA) is 95.6 Å². The van der Waals surface area contributed by atoms with Gasteiger partial charge in [0.15, 0.2) is 6.61 Å². The number of benzene rings is 1. The quantitative estimate of drug-likeness (QED) is 0.610. The minimum Gasteiger partial charge on any atom is -0.496 e. The summed E-state index contributed by atoms with van der Waals surface area (Å²) in [6, 6.07) is 12.3. The summed E-state index contributed by atoms with van der Waals surface area (Å²) < 4.78 is 17.3. The van der Waals surface area contributed by atoms with Crippen LogP contribution < -0.4 is 10.1 Å². The van der Waals surface area contributed by atoms with Crippen molar-refractivity contribution in [1.29, 1.82) is 0 Å². The maximum absolute atomic E-state index is 12.0. The second kappa shape index (κ2) is 8.70. The van der Waals surface area contributed by atoms with Crippen LogP contribution in [0.2, 0.25) is 0 Å². The van der Waals surface area contributed by atoms with Crippen LogP contribution in [0.5, 0.6) is 5.75 Å². The third-order valence-corrected chi connectivity index (χ3v) is 3.74. The Bertz CT molecular complexity index is 902. The van der Waals surface area contributed by atoms with Crippen molar-refractivity contribution in [3.05, 3.63) is 71.9 Å². The number of aromatic nitrogens is 2. The van der Waals surface area contributed by atoms with Gasteiger partial charge in [-0.3, -0.25) is 9.48 Å². The van der Waals surface area contributed by atoms with Gasteiger partial charge in [-0.2, -0.15) is 5.10 Å². The number of ether oxygens (including phenoxy) is 2. The van der Waals surface area contributed by atoms with Gasteiger partial charge in [0.25, 0.3) is 5.91 Å². The zero-order valence-electron chi connectivity index (χ0n) is 14.8. The molecule has 27 heavy (non-hydrogen) atoms. The van der Waals surface area contributed by atoms with Crippen LogP contribution in [-0.4, -0.2) is 35.4 Å². The molecular weight excluding hydrogens is 350 g/mol. The van der Waals surface area contributed by atoms with Crippen LogP contribution in [0.15, 0.2) is 59.3 Å². The number of furan rings is 1. The maximum Gasteiger partial charge on any atom is 0.374 e. The second-order valence-corrected chi connectivity index (χ2v) is 5.63. The molecule has 1 aromatic carbocycles. The van der Waals surface area contributed by atoms with Gasteiger partial charge in [0.2, 0.25) is 5.76 Å². The third-order valence-electron chi connectivity index (χ3n) is 3.74. The number of hydrogen-bond acceptors (Lipinski definition) is 6. The van der Waals surface area contributed by atoms with Gasteiger partial charge in [0, 0.05) is 24.5 Å². The zero-order valence-corrected chi connectivity index (χ0v) is 14.8. The van der Waals surface area contributed by atoms with Gasteiger partial charge >= 0.3 is 5.97 Å². The first-order valence-corrected chi connectivity index (χ1v) is 8.27. The monoisotopic (exact) mass is 369 g/mol. The molecule has 8 nitrogen and oxygen atoms in total. The molecule has 3 rings (SSSR count). The van der Waals surface area contributed by atoms with Crippen molar-refractivity contribution in [1.82, 2.24) is 15.1 Å². The van der Waals surface area contributed by atoms with E-state index in [0.29, 0.717) is 18.1 Å². The molecule has 1 amide bonds. The molecule has 0 aliphatic heterocycles. The first kappa shape index (κ1) is 18.2. The maximum atomic E-state index is 12.0. The van der Waals surface area contributed by atoms with E-state index in [9.17, 15) is 9.59 Å². The van der Waals surface area contributed by atoms with Crippen molar-refractivity contribution in [3.63, 3.8) is 0 Å². The Labute approximate surface area is 155 Å². The van der Waals surface area contributed by atoms with E-state index in [0.717, 1.165) is 5.56 Å². The van der Waals surface area contributed by atoms with Gasteiger partial charge < -0.3 is 19.2 Å². The van der Waals surface area contributed by atoms with E-state index >= 15 is 0 Å². The van der Waals surface area contributed by atoms with Crippen LogP contribution in [0.25, 0.3) is 0 Å². The average Bonchev–Trinajstić information content (AvgIpc) is 3.37. The standard InChI is InChI=1S/C19H19N3O5/c1-25-16-6-3-2-5-14(16)11-20-18(23)13-26-19(24)17-8-7-15(27-17)12-22-10-4-9-21-22/h2-10H,11-13H2,1H3,(H,20,23). The predicted molar refractivity (Wildman–Crippen MR) is 95.2 cm³/mol. The third kappa shape index (κ3) is 4.97. The number of para-hydroxylation sites is 1. The fraction of sp³-hybridized carbons (Fsp3) is 0.211. The first-order chi connectivity index (χ1) is 13.2. The van der Waals surface area contributed by atoms with E-state index in [2.05, 4.69) is 10.4 Å². The molecule has 0 spiro atoms. The van der Waals surface area contributed by atoms with Crippen LogP contribution in [0.3, 0.4) is 0 Å². The number of rotatable bonds is 8. The number of carbonyl (C=O) groups is 2. The van der Waals surface area contributed by atoms with E-state index in [-0.39, 0.29) is 12.3 Å². The number of nitrogens with zero attached hydrogens (tertiary/aromatic N) is 2. The van der Waals surface area contributed by atoms with Crippen molar-refractivity contribution in [2.75, 3.05) is 13.7 Å². The number of carbonyl (C=O) groups excluding carboxylic acids is 2. The molecule has 0 atom stereocenters. The van der Waals surface area contributed by atoms with Crippen LogP contribution in [0.4, 0.5) is 0 Å². The first-order valence-electron chi connectivity index (χ1n) is 8.27. The van der Waals surface area contributed by atoms with Crippen LogP contribution in [0.1, 0.15) is 21.9 Å². The van der Waals surface area contributed by atoms with Gasteiger partial charge in [0.05, 0.1) is 13.7 Å². The summed E-state index contributed by atoms with van der Waals surface area (Å²) in [4.78, 5) is 23.9. The summed E-state index contributed by atoms with van der Waals surface area (Å²) in [5.41, 5.74) is 0.828. The average molecular weight is 369 g/mol. The molecule has 0 fully saturated rings. The van der Waals surface area contributed by atoms with Crippen molar-refractivity contribution >= 4 is 11.9 Å². The summed E-state index contributed by atoms with van der Waals surface area (Å²) in [6.07, 6.45) is 3.44. The molecule has 0 unspecified atom stereocenters. The highest BCUT2D eigenvalue weighted by atomic mass is 16.5. The molecule has 0 aliphatic rings. The van der Waals surface area contributed by atoms with E-state index < -0.39 is 18.5 Å². The molecule has 0 aliphatic carbocycles. The molecule has 0 saturated heterocycles. The molecule has 2 heterocycles. The SMILES string of the molecule is COc1ccccc1CNC(=O)COC(=O)c1ccc(Cn2cccn2)o1. The lowest BCUT2D eigenvalue weighted by molar-refractivity contribution is -0.124. The summed E-state index contributed by atoms with van der Waals surface area (Å²) >= 11 is 0. The van der Waals surface area contributed by atoms with Crippen LogP contribution in [-0.2, 0) is 22.6 Å². The minimum absolute atomic E-state index is 0.0367. The smallest absolute Gasteiger partial charge is 0.374 e. The van der Waals surface area contributed by atoms with E-state index in [4.69, 9.17) is 13.9 Å². The molecule has 1 N–H and O–H groups in total. The highest BCUT2D eigenvalue weighted by molar-refractivity contribution is 5.88. The molecule has 2 aromatic heterocycles. The normalized spacial score (nSPS) is 10.4. The highest BCUT2D eigenvalue weighted by Gasteiger charge is 2.15. The van der Waals surface area contributed by atoms with E-state index in [1.807, 2.05) is 18.2 Å². The van der Waals surface area contributed by atoms with Gasteiger partial charge in [-0.25, -0.2) is 4.79 Å². The Balaban J connectivity index is 1.46. The number of nitrogens with one attached hydrogen (secondary N) is 1. The van der Waals surface area contributed by atoms with E-state index in [1.54, 1.807) is 42.4 Å². The molecule has 140 valence electrons. The molecule has 8 heteroatoms. The number of methoxy groups -OCH3 is 1. The van der Waals surface area contributed by atoms with Crippen molar-refractivity contribution in [3.8, 4) is 5.75 Å². The van der Waals surface area contributed by atoms with Crippen LogP contribution >= 0.6 is 0 Å². The molecule has 0 bridgehead atoms. The fourth-order valence-corrected chi connectivity index (χ4v) is 2.42.